The summed E-state index contributed by atoms with van der Waals surface area (Å²) >= 11 is 0. The van der Waals surface area contributed by atoms with Gasteiger partial charge in [0, 0.05) is 23.5 Å². The molecule has 0 aliphatic rings. The first-order valence-corrected chi connectivity index (χ1v) is 6.78. The molecule has 0 atom stereocenters. The summed E-state index contributed by atoms with van der Waals surface area (Å²) in [4.78, 5) is 9.49. The molecule has 4 aromatic rings. The van der Waals surface area contributed by atoms with Gasteiger partial charge in [-0.1, -0.05) is 30.3 Å². The molecule has 4 heteroatoms. The highest BCUT2D eigenvalue weighted by Gasteiger charge is 2.12. The summed E-state index contributed by atoms with van der Waals surface area (Å²) in [5.41, 5.74) is 2.78. The molecule has 0 spiro atoms. The largest absolute Gasteiger partial charge is 0.370 e. The Morgan fingerprint density at radius 1 is 1.00 bits per heavy atom. The van der Waals surface area contributed by atoms with E-state index in [1.807, 2.05) is 40.9 Å². The minimum atomic E-state index is 0.846. The Labute approximate surface area is 116 Å². The van der Waals surface area contributed by atoms with Crippen LogP contribution in [0.3, 0.4) is 0 Å². The van der Waals surface area contributed by atoms with Crippen molar-refractivity contribution in [3.05, 3.63) is 48.7 Å². The zero-order chi connectivity index (χ0) is 13.5. The molecule has 0 aliphatic carbocycles. The number of aromatic nitrogens is 3. The Morgan fingerprint density at radius 2 is 1.80 bits per heavy atom. The van der Waals surface area contributed by atoms with Crippen LogP contribution in [0.25, 0.3) is 27.6 Å². The molecule has 4 rings (SSSR count). The van der Waals surface area contributed by atoms with E-state index < -0.39 is 0 Å². The van der Waals surface area contributed by atoms with Crippen LogP contribution in [0, 0.1) is 0 Å². The number of benzene rings is 1. The van der Waals surface area contributed by atoms with Crippen molar-refractivity contribution in [2.75, 3.05) is 11.9 Å². The van der Waals surface area contributed by atoms with Crippen LogP contribution >= 0.6 is 0 Å². The third-order valence-electron chi connectivity index (χ3n) is 3.50. The fourth-order valence-corrected chi connectivity index (χ4v) is 2.63. The number of rotatable bonds is 2. The predicted octanol–water partition coefficient (Wildman–Crippen LogP) is 3.47. The Hall–Kier alpha value is -2.62. The molecule has 1 N–H and O–H groups in total. The molecule has 0 bridgehead atoms. The number of nitrogens with zero attached hydrogens (tertiary/aromatic N) is 3. The molecule has 0 aliphatic heterocycles. The molecule has 20 heavy (non-hydrogen) atoms. The lowest BCUT2D eigenvalue weighted by Gasteiger charge is -2.07. The van der Waals surface area contributed by atoms with Gasteiger partial charge in [-0.05, 0) is 19.1 Å². The van der Waals surface area contributed by atoms with Gasteiger partial charge in [0.05, 0.1) is 0 Å². The monoisotopic (exact) mass is 262 g/mol. The van der Waals surface area contributed by atoms with Crippen molar-refractivity contribution in [3.63, 3.8) is 0 Å². The molecule has 0 radical (unpaired) electrons. The second kappa shape index (κ2) is 4.20. The van der Waals surface area contributed by atoms with Crippen molar-refractivity contribution in [3.8, 4) is 0 Å². The Kier molecular flexibility index (Phi) is 2.36. The van der Waals surface area contributed by atoms with E-state index in [0.717, 1.165) is 39.9 Å². The average Bonchev–Trinajstić information content (AvgIpc) is 2.87. The molecule has 3 aromatic heterocycles. The molecule has 0 saturated carbocycles. The van der Waals surface area contributed by atoms with Gasteiger partial charge in [0.25, 0.3) is 0 Å². The maximum absolute atomic E-state index is 4.77. The summed E-state index contributed by atoms with van der Waals surface area (Å²) in [6.45, 7) is 2.92. The van der Waals surface area contributed by atoms with Gasteiger partial charge in [-0.15, -0.1) is 0 Å². The normalized spacial score (nSPS) is 11.4. The lowest BCUT2D eigenvalue weighted by molar-refractivity contribution is 1.15. The summed E-state index contributed by atoms with van der Waals surface area (Å²) < 4.78 is 2.03. The summed E-state index contributed by atoms with van der Waals surface area (Å²) in [7, 11) is 0. The number of hydrogen-bond acceptors (Lipinski definition) is 3. The topological polar surface area (TPSA) is 42.2 Å². The van der Waals surface area contributed by atoms with Crippen LogP contribution in [0.15, 0.2) is 48.7 Å². The minimum Gasteiger partial charge on any atom is -0.370 e. The second-order valence-electron chi connectivity index (χ2n) is 4.75. The highest BCUT2D eigenvalue weighted by molar-refractivity contribution is 6.08. The highest BCUT2D eigenvalue weighted by Crippen LogP contribution is 2.29. The fraction of sp³-hybridized carbons (Fsp3) is 0.125. The summed E-state index contributed by atoms with van der Waals surface area (Å²) in [6.07, 6.45) is 2.00. The van der Waals surface area contributed by atoms with E-state index in [1.54, 1.807) is 0 Å². The summed E-state index contributed by atoms with van der Waals surface area (Å²) in [5.74, 6) is 0.918. The average molecular weight is 262 g/mol. The van der Waals surface area contributed by atoms with E-state index in [9.17, 15) is 0 Å². The Bertz CT molecular complexity index is 924. The van der Waals surface area contributed by atoms with E-state index >= 15 is 0 Å². The van der Waals surface area contributed by atoms with Gasteiger partial charge in [0.1, 0.15) is 17.0 Å². The standard InChI is InChI=1S/C16H14N4/c1-2-17-15-12-8-4-3-7-11(12)14-16(19-15)20-10-6-5-9-13(20)18-14/h3-10H,2H2,1H3,(H,17,19). The van der Waals surface area contributed by atoms with Gasteiger partial charge >= 0.3 is 0 Å². The second-order valence-corrected chi connectivity index (χ2v) is 4.75. The summed E-state index contributed by atoms with van der Waals surface area (Å²) in [5, 5.41) is 5.60. The Morgan fingerprint density at radius 3 is 2.65 bits per heavy atom. The number of hydrogen-bond donors (Lipinski definition) is 1. The number of imidazole rings is 1. The zero-order valence-corrected chi connectivity index (χ0v) is 11.2. The molecular formula is C16H14N4. The first kappa shape index (κ1) is 11.2. The lowest BCUT2D eigenvalue weighted by Crippen LogP contribution is -2.01. The van der Waals surface area contributed by atoms with Gasteiger partial charge < -0.3 is 5.32 Å². The molecule has 4 nitrogen and oxygen atoms in total. The highest BCUT2D eigenvalue weighted by atomic mass is 15.1. The summed E-state index contributed by atoms with van der Waals surface area (Å²) in [6, 6.07) is 14.3. The van der Waals surface area contributed by atoms with Crippen molar-refractivity contribution in [2.24, 2.45) is 0 Å². The van der Waals surface area contributed by atoms with Crippen LogP contribution < -0.4 is 5.32 Å². The molecule has 0 unspecified atom stereocenters. The molecule has 0 saturated heterocycles. The van der Waals surface area contributed by atoms with Crippen LogP contribution in [-0.2, 0) is 0 Å². The van der Waals surface area contributed by atoms with Crippen LogP contribution in [0.2, 0.25) is 0 Å². The van der Waals surface area contributed by atoms with E-state index in [4.69, 9.17) is 9.97 Å². The number of anilines is 1. The van der Waals surface area contributed by atoms with Crippen LogP contribution in [0.5, 0.6) is 0 Å². The van der Waals surface area contributed by atoms with Crippen molar-refractivity contribution >= 4 is 33.4 Å². The van der Waals surface area contributed by atoms with Crippen molar-refractivity contribution in [1.82, 2.24) is 14.4 Å². The molecular weight excluding hydrogens is 248 g/mol. The molecule has 0 fully saturated rings. The quantitative estimate of drug-likeness (QED) is 0.601. The van der Waals surface area contributed by atoms with Crippen molar-refractivity contribution < 1.29 is 0 Å². The minimum absolute atomic E-state index is 0.846. The Balaban J connectivity index is 2.23. The SMILES string of the molecule is CCNc1nc2c(nc3ccccn32)c2ccccc12. The van der Waals surface area contributed by atoms with Gasteiger partial charge in [0.15, 0.2) is 5.65 Å². The number of pyridine rings is 2. The molecule has 98 valence electrons. The first-order chi connectivity index (χ1) is 9.88. The van der Waals surface area contributed by atoms with Crippen molar-refractivity contribution in [2.45, 2.75) is 6.92 Å². The van der Waals surface area contributed by atoms with E-state index in [0.29, 0.717) is 0 Å². The maximum atomic E-state index is 4.77. The molecule has 0 amide bonds. The number of fused-ring (bicyclic) bond motifs is 5. The van der Waals surface area contributed by atoms with Crippen LogP contribution in [-0.4, -0.2) is 20.9 Å². The van der Waals surface area contributed by atoms with Crippen molar-refractivity contribution in [1.29, 1.82) is 0 Å². The van der Waals surface area contributed by atoms with E-state index in [2.05, 4.69) is 24.4 Å². The maximum Gasteiger partial charge on any atom is 0.167 e. The van der Waals surface area contributed by atoms with E-state index in [1.165, 1.54) is 0 Å². The first-order valence-electron chi connectivity index (χ1n) is 6.78. The third kappa shape index (κ3) is 1.48. The van der Waals surface area contributed by atoms with Crippen LogP contribution in [0.1, 0.15) is 6.92 Å². The van der Waals surface area contributed by atoms with Gasteiger partial charge in [-0.25, -0.2) is 9.97 Å². The van der Waals surface area contributed by atoms with Gasteiger partial charge in [0.2, 0.25) is 0 Å². The zero-order valence-electron chi connectivity index (χ0n) is 11.2. The molecule has 3 heterocycles. The van der Waals surface area contributed by atoms with Crippen LogP contribution in [0.4, 0.5) is 5.82 Å². The third-order valence-corrected chi connectivity index (χ3v) is 3.50. The molecule has 1 aromatic carbocycles. The smallest absolute Gasteiger partial charge is 0.167 e. The fourth-order valence-electron chi connectivity index (χ4n) is 2.63. The van der Waals surface area contributed by atoms with Gasteiger partial charge in [-0.3, -0.25) is 4.40 Å². The van der Waals surface area contributed by atoms with Gasteiger partial charge in [-0.2, -0.15) is 0 Å². The lowest BCUT2D eigenvalue weighted by atomic mass is 10.1. The predicted molar refractivity (Wildman–Crippen MR) is 82.2 cm³/mol. The number of nitrogens with one attached hydrogen (secondary N) is 1. The van der Waals surface area contributed by atoms with E-state index in [-0.39, 0.29) is 0 Å².